The summed E-state index contributed by atoms with van der Waals surface area (Å²) in [5, 5.41) is 2.39. The molecule has 5 heteroatoms. The Morgan fingerprint density at radius 3 is 2.55 bits per heavy atom. The van der Waals surface area contributed by atoms with Crippen LogP contribution >= 0.6 is 0 Å². The van der Waals surface area contributed by atoms with Crippen molar-refractivity contribution >= 4 is 11.6 Å². The third kappa shape index (κ3) is 4.11. The van der Waals surface area contributed by atoms with Gasteiger partial charge < -0.3 is 5.32 Å². The first-order valence-electron chi connectivity index (χ1n) is 6.97. The van der Waals surface area contributed by atoms with Crippen molar-refractivity contribution in [1.82, 2.24) is 4.90 Å². The van der Waals surface area contributed by atoms with Crippen LogP contribution in [0.15, 0.2) is 48.5 Å². The Labute approximate surface area is 128 Å². The molecule has 0 spiro atoms. The minimum atomic E-state index is -0.659. The molecule has 116 valence electrons. The summed E-state index contributed by atoms with van der Waals surface area (Å²) in [5.74, 6) is -1.65. The van der Waals surface area contributed by atoms with Gasteiger partial charge in [0, 0.05) is 12.1 Å². The molecule has 0 bridgehead atoms. The predicted molar refractivity (Wildman–Crippen MR) is 82.5 cm³/mol. The summed E-state index contributed by atoms with van der Waals surface area (Å²) in [6.07, 6.45) is 0. The normalized spacial score (nSPS) is 12.2. The van der Waals surface area contributed by atoms with Crippen molar-refractivity contribution < 1.29 is 13.6 Å². The Balaban J connectivity index is 1.98. The molecule has 0 heterocycles. The molecular weight excluding hydrogens is 286 g/mol. The molecule has 1 unspecified atom stereocenters. The van der Waals surface area contributed by atoms with Crippen LogP contribution in [0.1, 0.15) is 18.5 Å². The molecular formula is C17H18F2N2O. The van der Waals surface area contributed by atoms with E-state index in [9.17, 15) is 13.6 Å². The van der Waals surface area contributed by atoms with Gasteiger partial charge in [0.05, 0.1) is 12.2 Å². The molecule has 0 aliphatic rings. The van der Waals surface area contributed by atoms with Gasteiger partial charge in [0.25, 0.3) is 0 Å². The van der Waals surface area contributed by atoms with E-state index in [2.05, 4.69) is 5.32 Å². The monoisotopic (exact) mass is 304 g/mol. The SMILES string of the molecule is CC(c1ccccc1)N(C)CC(=O)Nc1cc(F)ccc1F. The first-order chi connectivity index (χ1) is 10.5. The second kappa shape index (κ2) is 7.13. The van der Waals surface area contributed by atoms with Crippen LogP contribution in [-0.4, -0.2) is 24.4 Å². The third-order valence-corrected chi connectivity index (χ3v) is 3.54. The van der Waals surface area contributed by atoms with E-state index in [4.69, 9.17) is 0 Å². The number of halogens is 2. The molecule has 2 aromatic rings. The van der Waals surface area contributed by atoms with Gasteiger partial charge >= 0.3 is 0 Å². The first kappa shape index (κ1) is 16.1. The smallest absolute Gasteiger partial charge is 0.238 e. The van der Waals surface area contributed by atoms with Gasteiger partial charge in [-0.25, -0.2) is 8.78 Å². The maximum Gasteiger partial charge on any atom is 0.238 e. The van der Waals surface area contributed by atoms with E-state index < -0.39 is 17.5 Å². The van der Waals surface area contributed by atoms with E-state index >= 15 is 0 Å². The zero-order valence-corrected chi connectivity index (χ0v) is 12.5. The molecule has 0 aliphatic carbocycles. The predicted octanol–water partition coefficient (Wildman–Crippen LogP) is 3.60. The molecule has 2 aromatic carbocycles. The van der Waals surface area contributed by atoms with E-state index in [0.29, 0.717) is 0 Å². The highest BCUT2D eigenvalue weighted by Gasteiger charge is 2.15. The minimum Gasteiger partial charge on any atom is -0.322 e. The fourth-order valence-corrected chi connectivity index (χ4v) is 2.13. The minimum absolute atomic E-state index is 0.0318. The van der Waals surface area contributed by atoms with Crippen LogP contribution in [0.25, 0.3) is 0 Å². The standard InChI is InChI=1S/C17H18F2N2O/c1-12(13-6-4-3-5-7-13)21(2)11-17(22)20-16-10-14(18)8-9-15(16)19/h3-10,12H,11H2,1-2H3,(H,20,22). The highest BCUT2D eigenvalue weighted by molar-refractivity contribution is 5.92. The van der Waals surface area contributed by atoms with Crippen LogP contribution in [0, 0.1) is 11.6 Å². The number of rotatable bonds is 5. The highest BCUT2D eigenvalue weighted by Crippen LogP contribution is 2.19. The summed E-state index contributed by atoms with van der Waals surface area (Å²) >= 11 is 0. The topological polar surface area (TPSA) is 32.3 Å². The molecule has 1 N–H and O–H groups in total. The largest absolute Gasteiger partial charge is 0.322 e. The molecule has 3 nitrogen and oxygen atoms in total. The Kier molecular flexibility index (Phi) is 5.22. The van der Waals surface area contributed by atoms with Gasteiger partial charge in [-0.1, -0.05) is 30.3 Å². The van der Waals surface area contributed by atoms with Crippen LogP contribution in [-0.2, 0) is 4.79 Å². The lowest BCUT2D eigenvalue weighted by atomic mass is 10.1. The van der Waals surface area contributed by atoms with Gasteiger partial charge in [-0.3, -0.25) is 9.69 Å². The van der Waals surface area contributed by atoms with Crippen LogP contribution < -0.4 is 5.32 Å². The molecule has 0 aliphatic heterocycles. The molecule has 1 atom stereocenters. The van der Waals surface area contributed by atoms with Crippen LogP contribution in [0.3, 0.4) is 0 Å². The summed E-state index contributed by atoms with van der Waals surface area (Å²) in [6, 6.07) is 12.7. The van der Waals surface area contributed by atoms with Crippen molar-refractivity contribution in [3.05, 3.63) is 65.7 Å². The number of hydrogen-bond donors (Lipinski definition) is 1. The van der Waals surface area contributed by atoms with Gasteiger partial charge in [0.1, 0.15) is 11.6 Å². The molecule has 0 fully saturated rings. The molecule has 2 rings (SSSR count). The number of nitrogens with zero attached hydrogens (tertiary/aromatic N) is 1. The number of carbonyl (C=O) groups excluding carboxylic acids is 1. The fourth-order valence-electron chi connectivity index (χ4n) is 2.13. The van der Waals surface area contributed by atoms with Gasteiger partial charge in [0.2, 0.25) is 5.91 Å². The number of benzene rings is 2. The van der Waals surface area contributed by atoms with Crippen molar-refractivity contribution in [2.24, 2.45) is 0 Å². The summed E-state index contributed by atoms with van der Waals surface area (Å²) < 4.78 is 26.6. The van der Waals surface area contributed by atoms with E-state index in [1.807, 2.05) is 42.2 Å². The fraction of sp³-hybridized carbons (Fsp3) is 0.235. The highest BCUT2D eigenvalue weighted by atomic mass is 19.1. The number of carbonyl (C=O) groups is 1. The summed E-state index contributed by atoms with van der Waals surface area (Å²) in [4.78, 5) is 13.8. The number of likely N-dealkylation sites (N-methyl/N-ethyl adjacent to an activating group) is 1. The second-order valence-corrected chi connectivity index (χ2v) is 5.17. The van der Waals surface area contributed by atoms with E-state index in [0.717, 1.165) is 23.8 Å². The average Bonchev–Trinajstić information content (AvgIpc) is 2.51. The van der Waals surface area contributed by atoms with Crippen LogP contribution in [0.4, 0.5) is 14.5 Å². The number of amides is 1. The second-order valence-electron chi connectivity index (χ2n) is 5.17. The Morgan fingerprint density at radius 1 is 1.18 bits per heavy atom. The lowest BCUT2D eigenvalue weighted by molar-refractivity contribution is -0.117. The number of nitrogens with one attached hydrogen (secondary N) is 1. The van der Waals surface area contributed by atoms with Crippen molar-refractivity contribution in [2.45, 2.75) is 13.0 Å². The molecule has 0 saturated carbocycles. The van der Waals surface area contributed by atoms with E-state index in [-0.39, 0.29) is 18.3 Å². The average molecular weight is 304 g/mol. The molecule has 0 radical (unpaired) electrons. The summed E-state index contributed by atoms with van der Waals surface area (Å²) in [5.41, 5.74) is 0.931. The van der Waals surface area contributed by atoms with Gasteiger partial charge in [-0.15, -0.1) is 0 Å². The molecule has 22 heavy (non-hydrogen) atoms. The summed E-state index contributed by atoms with van der Waals surface area (Å²) in [6.45, 7) is 2.05. The van der Waals surface area contributed by atoms with Gasteiger partial charge in [-0.05, 0) is 31.7 Å². The van der Waals surface area contributed by atoms with Crippen molar-refractivity contribution in [3.63, 3.8) is 0 Å². The van der Waals surface area contributed by atoms with Crippen LogP contribution in [0.2, 0.25) is 0 Å². The molecule has 0 saturated heterocycles. The van der Waals surface area contributed by atoms with E-state index in [1.165, 1.54) is 0 Å². The Bertz CT molecular complexity index is 646. The maximum absolute atomic E-state index is 13.5. The van der Waals surface area contributed by atoms with Crippen LogP contribution in [0.5, 0.6) is 0 Å². The van der Waals surface area contributed by atoms with Gasteiger partial charge in [-0.2, -0.15) is 0 Å². The third-order valence-electron chi connectivity index (χ3n) is 3.54. The lowest BCUT2D eigenvalue weighted by Crippen LogP contribution is -2.32. The van der Waals surface area contributed by atoms with E-state index in [1.54, 1.807) is 7.05 Å². The first-order valence-corrected chi connectivity index (χ1v) is 6.97. The number of anilines is 1. The Hall–Kier alpha value is -2.27. The van der Waals surface area contributed by atoms with Gasteiger partial charge in [0.15, 0.2) is 0 Å². The quantitative estimate of drug-likeness (QED) is 0.915. The van der Waals surface area contributed by atoms with Crippen molar-refractivity contribution in [1.29, 1.82) is 0 Å². The summed E-state index contributed by atoms with van der Waals surface area (Å²) in [7, 11) is 1.80. The molecule has 0 aromatic heterocycles. The molecule has 1 amide bonds. The zero-order chi connectivity index (χ0) is 16.1. The lowest BCUT2D eigenvalue weighted by Gasteiger charge is -2.24. The zero-order valence-electron chi connectivity index (χ0n) is 12.5. The maximum atomic E-state index is 13.5. The Morgan fingerprint density at radius 2 is 1.86 bits per heavy atom. The van der Waals surface area contributed by atoms with Crippen molar-refractivity contribution in [2.75, 3.05) is 18.9 Å². The number of hydrogen-bond acceptors (Lipinski definition) is 2. The van der Waals surface area contributed by atoms with Crippen molar-refractivity contribution in [3.8, 4) is 0 Å².